The van der Waals surface area contributed by atoms with E-state index in [-0.39, 0.29) is 5.69 Å². The van der Waals surface area contributed by atoms with E-state index in [2.05, 4.69) is 4.98 Å². The molecule has 3 nitrogen and oxygen atoms in total. The van der Waals surface area contributed by atoms with Crippen molar-refractivity contribution in [3.8, 4) is 0 Å². The van der Waals surface area contributed by atoms with E-state index in [0.29, 0.717) is 10.9 Å². The summed E-state index contributed by atoms with van der Waals surface area (Å²) in [7, 11) is 0. The summed E-state index contributed by atoms with van der Waals surface area (Å²) in [5.74, 6) is 2.99. The van der Waals surface area contributed by atoms with Gasteiger partial charge >= 0.3 is 5.69 Å². The summed E-state index contributed by atoms with van der Waals surface area (Å²) in [6.07, 6.45) is 1.21. The van der Waals surface area contributed by atoms with E-state index in [1.54, 1.807) is 6.07 Å². The lowest BCUT2D eigenvalue weighted by Gasteiger charge is -2.09. The summed E-state index contributed by atoms with van der Waals surface area (Å²) < 4.78 is 1.84. The molecule has 0 amide bonds. The van der Waals surface area contributed by atoms with E-state index in [1.165, 1.54) is 12.2 Å². The first-order chi connectivity index (χ1) is 8.24. The monoisotopic (exact) mass is 268 g/mol. The van der Waals surface area contributed by atoms with Crippen molar-refractivity contribution in [1.29, 1.82) is 0 Å². The highest BCUT2D eigenvalue weighted by Crippen LogP contribution is 2.25. The molecular weight excluding hydrogens is 256 g/mol. The fraction of sp³-hybridized carbons (Fsp3) is 0.417. The van der Waals surface area contributed by atoms with Gasteiger partial charge in [-0.1, -0.05) is 11.6 Å². The minimum Gasteiger partial charge on any atom is -0.305 e. The van der Waals surface area contributed by atoms with E-state index in [4.69, 9.17) is 11.6 Å². The summed E-state index contributed by atoms with van der Waals surface area (Å²) in [5, 5.41) is 0.655. The molecule has 5 heteroatoms. The Bertz CT molecular complexity index is 598. The molecule has 1 saturated heterocycles. The standard InChI is InChI=1S/C12H13ClN2OS/c13-9-1-2-11-10(5-9)14-12(16)15(11)6-8-3-4-17-7-8/h1-2,5,8H,3-4,6-7H2,(H,14,16). The number of aromatic amines is 1. The molecule has 0 spiro atoms. The average molecular weight is 269 g/mol. The lowest BCUT2D eigenvalue weighted by molar-refractivity contribution is 0.492. The number of fused-ring (bicyclic) bond motifs is 1. The number of hydrogen-bond donors (Lipinski definition) is 1. The van der Waals surface area contributed by atoms with Gasteiger partial charge in [-0.2, -0.15) is 11.8 Å². The Morgan fingerprint density at radius 3 is 3.18 bits per heavy atom. The SMILES string of the molecule is O=c1[nH]c2cc(Cl)ccc2n1CC1CCSC1. The zero-order chi connectivity index (χ0) is 11.8. The highest BCUT2D eigenvalue weighted by molar-refractivity contribution is 7.99. The van der Waals surface area contributed by atoms with Gasteiger partial charge in [0.2, 0.25) is 0 Å². The van der Waals surface area contributed by atoms with Crippen LogP contribution in [0.3, 0.4) is 0 Å². The van der Waals surface area contributed by atoms with Gasteiger partial charge in [-0.25, -0.2) is 4.79 Å². The second-order valence-electron chi connectivity index (χ2n) is 4.43. The summed E-state index contributed by atoms with van der Waals surface area (Å²) in [4.78, 5) is 14.8. The smallest absolute Gasteiger partial charge is 0.305 e. The Balaban J connectivity index is 2.02. The van der Waals surface area contributed by atoms with Crippen LogP contribution in [0.1, 0.15) is 6.42 Å². The van der Waals surface area contributed by atoms with Crippen LogP contribution in [0.25, 0.3) is 11.0 Å². The van der Waals surface area contributed by atoms with Gasteiger partial charge in [-0.3, -0.25) is 4.57 Å². The molecule has 2 heterocycles. The topological polar surface area (TPSA) is 37.8 Å². The van der Waals surface area contributed by atoms with Crippen molar-refractivity contribution in [2.24, 2.45) is 5.92 Å². The van der Waals surface area contributed by atoms with E-state index in [0.717, 1.165) is 23.3 Å². The molecule has 90 valence electrons. The number of H-pyrrole nitrogens is 1. The first-order valence-corrected chi connectivity index (χ1v) is 7.23. The zero-order valence-electron chi connectivity index (χ0n) is 9.28. The first-order valence-electron chi connectivity index (χ1n) is 5.70. The Labute approximate surface area is 108 Å². The number of halogens is 1. The van der Waals surface area contributed by atoms with Gasteiger partial charge in [0.25, 0.3) is 0 Å². The van der Waals surface area contributed by atoms with Crippen LogP contribution in [0.4, 0.5) is 0 Å². The zero-order valence-corrected chi connectivity index (χ0v) is 10.9. The molecule has 1 aliphatic heterocycles. The number of rotatable bonds is 2. The molecule has 1 N–H and O–H groups in total. The Hall–Kier alpha value is -0.870. The van der Waals surface area contributed by atoms with Crippen molar-refractivity contribution in [2.75, 3.05) is 11.5 Å². The van der Waals surface area contributed by atoms with E-state index < -0.39 is 0 Å². The number of nitrogens with zero attached hydrogens (tertiary/aromatic N) is 1. The molecule has 2 aromatic rings. The van der Waals surface area contributed by atoms with Gasteiger partial charge < -0.3 is 4.98 Å². The van der Waals surface area contributed by atoms with E-state index in [9.17, 15) is 4.79 Å². The molecule has 3 rings (SSSR count). The number of hydrogen-bond acceptors (Lipinski definition) is 2. The number of benzene rings is 1. The van der Waals surface area contributed by atoms with Crippen LogP contribution in [0, 0.1) is 5.92 Å². The lowest BCUT2D eigenvalue weighted by atomic mass is 10.1. The third kappa shape index (κ3) is 2.11. The van der Waals surface area contributed by atoms with Gasteiger partial charge in [-0.15, -0.1) is 0 Å². The summed E-state index contributed by atoms with van der Waals surface area (Å²) in [6, 6.07) is 5.55. The number of nitrogens with one attached hydrogen (secondary N) is 1. The lowest BCUT2D eigenvalue weighted by Crippen LogP contribution is -2.21. The predicted molar refractivity (Wildman–Crippen MR) is 73.0 cm³/mol. The van der Waals surface area contributed by atoms with Gasteiger partial charge in [0.15, 0.2) is 0 Å². The minimum absolute atomic E-state index is 0.0285. The quantitative estimate of drug-likeness (QED) is 0.909. The molecule has 1 unspecified atom stereocenters. The highest BCUT2D eigenvalue weighted by Gasteiger charge is 2.18. The van der Waals surface area contributed by atoms with Crippen molar-refractivity contribution in [3.05, 3.63) is 33.7 Å². The number of imidazole rings is 1. The molecule has 17 heavy (non-hydrogen) atoms. The fourth-order valence-corrected chi connectivity index (χ4v) is 3.75. The van der Waals surface area contributed by atoms with E-state index >= 15 is 0 Å². The second-order valence-corrected chi connectivity index (χ2v) is 6.02. The van der Waals surface area contributed by atoms with Gasteiger partial charge in [0, 0.05) is 11.6 Å². The molecular formula is C12H13ClN2OS. The highest BCUT2D eigenvalue weighted by atomic mass is 35.5. The first kappa shape index (κ1) is 11.2. The van der Waals surface area contributed by atoms with Gasteiger partial charge in [0.05, 0.1) is 11.0 Å². The Morgan fingerprint density at radius 1 is 1.53 bits per heavy atom. The third-order valence-corrected chi connectivity index (χ3v) is 4.67. The third-order valence-electron chi connectivity index (χ3n) is 3.20. The molecule has 0 aliphatic carbocycles. The number of aromatic nitrogens is 2. The van der Waals surface area contributed by atoms with Crippen molar-refractivity contribution in [2.45, 2.75) is 13.0 Å². The second kappa shape index (κ2) is 4.42. The molecule has 1 atom stereocenters. The average Bonchev–Trinajstić information content (AvgIpc) is 2.88. The van der Waals surface area contributed by atoms with Crippen LogP contribution in [0.15, 0.2) is 23.0 Å². The van der Waals surface area contributed by atoms with Crippen LogP contribution in [0.5, 0.6) is 0 Å². The van der Waals surface area contributed by atoms with Gasteiger partial charge in [-0.05, 0) is 42.0 Å². The maximum Gasteiger partial charge on any atom is 0.326 e. The maximum absolute atomic E-state index is 11.9. The van der Waals surface area contributed by atoms with Crippen molar-refractivity contribution >= 4 is 34.4 Å². The Morgan fingerprint density at radius 2 is 2.41 bits per heavy atom. The molecule has 1 aliphatic rings. The van der Waals surface area contributed by atoms with Crippen LogP contribution in [0.2, 0.25) is 5.02 Å². The van der Waals surface area contributed by atoms with Crippen LogP contribution < -0.4 is 5.69 Å². The molecule has 0 saturated carbocycles. The van der Waals surface area contributed by atoms with E-state index in [1.807, 2.05) is 28.5 Å². The van der Waals surface area contributed by atoms with Crippen molar-refractivity contribution < 1.29 is 0 Å². The predicted octanol–water partition coefficient (Wildman–Crippen LogP) is 2.74. The summed E-state index contributed by atoms with van der Waals surface area (Å²) in [5.41, 5.74) is 1.75. The summed E-state index contributed by atoms with van der Waals surface area (Å²) >= 11 is 7.89. The Kier molecular flexibility index (Phi) is 2.92. The summed E-state index contributed by atoms with van der Waals surface area (Å²) in [6.45, 7) is 0.813. The maximum atomic E-state index is 11.9. The van der Waals surface area contributed by atoms with Crippen molar-refractivity contribution in [3.63, 3.8) is 0 Å². The normalized spacial score (nSPS) is 20.2. The molecule has 1 aromatic heterocycles. The minimum atomic E-state index is -0.0285. The molecule has 1 aromatic carbocycles. The van der Waals surface area contributed by atoms with Gasteiger partial charge in [0.1, 0.15) is 0 Å². The fourth-order valence-electron chi connectivity index (χ4n) is 2.30. The van der Waals surface area contributed by atoms with Crippen LogP contribution in [-0.4, -0.2) is 21.1 Å². The number of thioether (sulfide) groups is 1. The van der Waals surface area contributed by atoms with Crippen LogP contribution >= 0.6 is 23.4 Å². The molecule has 0 bridgehead atoms. The molecule has 0 radical (unpaired) electrons. The largest absolute Gasteiger partial charge is 0.326 e. The molecule has 1 fully saturated rings. The van der Waals surface area contributed by atoms with Crippen LogP contribution in [-0.2, 0) is 6.54 Å². The van der Waals surface area contributed by atoms with Crippen molar-refractivity contribution in [1.82, 2.24) is 9.55 Å².